The van der Waals surface area contributed by atoms with E-state index in [9.17, 15) is 22.8 Å². The number of hydrogen-bond donors (Lipinski definition) is 2. The van der Waals surface area contributed by atoms with Crippen LogP contribution in [0.25, 0.3) is 0 Å². The Morgan fingerprint density at radius 2 is 0.857 bits per heavy atom. The second-order valence-corrected chi connectivity index (χ2v) is 17.3. The van der Waals surface area contributed by atoms with Gasteiger partial charge in [0.2, 0.25) is 0 Å². The average molecular weight is 941 g/mol. The molecule has 14 heteroatoms. The molecule has 3 aromatic rings. The maximum absolute atomic E-state index is 11.1. The number of rotatable bonds is 12. The SMILES string of the molecule is CC.CC.CC.COCC(=O)O.COCC(=O)O.COCC(=O)OC.CS(=O)CC1CCc2ccccc21.CS(=O)CC1CCc2ccccc21.CSCC1CCc2ccccc21. The first-order valence-electron chi connectivity index (χ1n) is 21.6. The van der Waals surface area contributed by atoms with Crippen molar-refractivity contribution >= 4 is 51.3 Å². The van der Waals surface area contributed by atoms with E-state index >= 15 is 0 Å². The van der Waals surface area contributed by atoms with Crippen molar-refractivity contribution in [3.8, 4) is 0 Å². The van der Waals surface area contributed by atoms with Crippen LogP contribution in [0.1, 0.15) is 112 Å². The van der Waals surface area contributed by atoms with Crippen LogP contribution in [-0.2, 0) is 74.2 Å². The van der Waals surface area contributed by atoms with Crippen LogP contribution < -0.4 is 0 Å². The molecule has 6 rings (SSSR count). The van der Waals surface area contributed by atoms with E-state index in [2.05, 4.69) is 98.0 Å². The lowest BCUT2D eigenvalue weighted by molar-refractivity contribution is -0.145. The van der Waals surface area contributed by atoms with Gasteiger partial charge in [0.25, 0.3) is 0 Å². The Morgan fingerprint density at radius 1 is 0.556 bits per heavy atom. The van der Waals surface area contributed by atoms with Crippen LogP contribution >= 0.6 is 11.8 Å². The van der Waals surface area contributed by atoms with Gasteiger partial charge in [-0.2, -0.15) is 11.8 Å². The Labute approximate surface area is 389 Å². The van der Waals surface area contributed by atoms with E-state index in [-0.39, 0.29) is 25.8 Å². The number of fused-ring (bicyclic) bond motifs is 3. The molecular weight excluding hydrogens is 861 g/mol. The zero-order valence-corrected chi connectivity index (χ0v) is 42.9. The van der Waals surface area contributed by atoms with E-state index in [1.165, 1.54) is 82.1 Å². The van der Waals surface area contributed by atoms with E-state index < -0.39 is 33.5 Å². The first kappa shape index (κ1) is 63.9. The molecule has 0 bridgehead atoms. The predicted molar refractivity (Wildman–Crippen MR) is 266 cm³/mol. The number of carboxylic acids is 2. The fourth-order valence-corrected chi connectivity index (χ4v) is 9.22. The van der Waals surface area contributed by atoms with Gasteiger partial charge in [-0.15, -0.1) is 0 Å². The maximum atomic E-state index is 11.1. The van der Waals surface area contributed by atoms with Crippen LogP contribution in [0, 0.1) is 0 Å². The fraction of sp³-hybridized carbons (Fsp3) is 0.571. The van der Waals surface area contributed by atoms with Crippen molar-refractivity contribution in [2.75, 3.05) is 84.3 Å². The molecule has 0 amide bonds. The molecule has 0 heterocycles. The Kier molecular flexibility index (Phi) is 43.1. The third kappa shape index (κ3) is 30.4. The summed E-state index contributed by atoms with van der Waals surface area (Å²) < 4.78 is 39.3. The summed E-state index contributed by atoms with van der Waals surface area (Å²) in [5.41, 5.74) is 8.95. The lowest BCUT2D eigenvalue weighted by Crippen LogP contribution is -2.07. The number of aliphatic carboxylic acids is 2. The summed E-state index contributed by atoms with van der Waals surface area (Å²) in [6, 6.07) is 26.0. The molecule has 63 heavy (non-hydrogen) atoms. The van der Waals surface area contributed by atoms with E-state index in [1.807, 2.05) is 53.3 Å². The molecule has 0 aromatic heterocycles. The monoisotopic (exact) mass is 940 g/mol. The zero-order chi connectivity index (χ0) is 48.6. The average Bonchev–Trinajstić information content (AvgIpc) is 4.01. The van der Waals surface area contributed by atoms with Crippen LogP contribution in [0.4, 0.5) is 0 Å². The number of carbonyl (C=O) groups excluding carboxylic acids is 1. The molecule has 3 aliphatic carbocycles. The minimum Gasteiger partial charge on any atom is -0.480 e. The summed E-state index contributed by atoms with van der Waals surface area (Å²) in [5, 5.41) is 15.6. The third-order valence-electron chi connectivity index (χ3n) is 9.04. The highest BCUT2D eigenvalue weighted by atomic mass is 32.2. The van der Waals surface area contributed by atoms with Crippen molar-refractivity contribution in [2.45, 2.75) is 97.8 Å². The topological polar surface area (TPSA) is 163 Å². The lowest BCUT2D eigenvalue weighted by atomic mass is 10.0. The molecule has 0 fully saturated rings. The van der Waals surface area contributed by atoms with E-state index in [1.54, 1.807) is 23.6 Å². The molecule has 0 saturated heterocycles. The van der Waals surface area contributed by atoms with Gasteiger partial charge in [-0.3, -0.25) is 8.42 Å². The van der Waals surface area contributed by atoms with Crippen molar-refractivity contribution < 1.29 is 52.0 Å². The molecule has 0 spiro atoms. The van der Waals surface area contributed by atoms with Crippen LogP contribution in [0.15, 0.2) is 72.8 Å². The van der Waals surface area contributed by atoms with E-state index in [0.717, 1.165) is 30.3 Å². The molecule has 0 aliphatic heterocycles. The van der Waals surface area contributed by atoms with Gasteiger partial charge >= 0.3 is 17.9 Å². The highest BCUT2D eigenvalue weighted by Crippen LogP contribution is 2.35. The molecule has 5 atom stereocenters. The lowest BCUT2D eigenvalue weighted by Gasteiger charge is -2.08. The normalized spacial score (nSPS) is 16.1. The number of carboxylic acid groups (broad SMARTS) is 2. The van der Waals surface area contributed by atoms with Crippen LogP contribution in [-0.4, -0.2) is 121 Å². The summed E-state index contributed by atoms with van der Waals surface area (Å²) >= 11 is 1.96. The first-order valence-corrected chi connectivity index (χ1v) is 26.5. The zero-order valence-electron chi connectivity index (χ0n) is 40.4. The summed E-state index contributed by atoms with van der Waals surface area (Å²) in [7, 11) is 4.12. The van der Waals surface area contributed by atoms with Crippen molar-refractivity contribution in [1.82, 2.24) is 0 Å². The van der Waals surface area contributed by atoms with E-state index in [4.69, 9.17) is 10.2 Å². The van der Waals surface area contributed by atoms with Crippen molar-refractivity contribution in [3.63, 3.8) is 0 Å². The molecule has 5 unspecified atom stereocenters. The highest BCUT2D eigenvalue weighted by molar-refractivity contribution is 7.98. The molecular formula is C49H80O11S3. The smallest absolute Gasteiger partial charge is 0.331 e. The number of benzene rings is 3. The Morgan fingerprint density at radius 3 is 1.10 bits per heavy atom. The van der Waals surface area contributed by atoms with Crippen LogP contribution in [0.2, 0.25) is 0 Å². The highest BCUT2D eigenvalue weighted by Gasteiger charge is 2.23. The number of aryl methyl sites for hydroxylation is 3. The Bertz CT molecular complexity index is 1580. The maximum Gasteiger partial charge on any atom is 0.331 e. The summed E-state index contributed by atoms with van der Waals surface area (Å²) in [4.78, 5) is 29.0. The van der Waals surface area contributed by atoms with E-state index in [0.29, 0.717) is 11.8 Å². The summed E-state index contributed by atoms with van der Waals surface area (Å²) in [6.45, 7) is 11.6. The van der Waals surface area contributed by atoms with Crippen LogP contribution in [0.5, 0.6) is 0 Å². The number of ether oxygens (including phenoxy) is 4. The number of esters is 1. The second-order valence-electron chi connectivity index (χ2n) is 13.4. The number of hydrogen-bond acceptors (Lipinski definition) is 10. The van der Waals surface area contributed by atoms with Gasteiger partial charge in [-0.05, 0) is 102 Å². The molecule has 2 N–H and O–H groups in total. The summed E-state index contributed by atoms with van der Waals surface area (Å²) in [6.07, 6.45) is 13.1. The standard InChI is InChI=1S/2C11H14OS.C11H14S.C4H8O3.2C3H6O3.3C2H6/c2*1-13(12)8-10-7-6-9-4-2-3-5-11(9)10;1-12-8-10-7-6-9-4-2-3-5-11(9)10;1-6-3-4(5)7-2;2*1-6-2-3(4)5;3*1-2/h2*2-5,10H,6-8H2,1H3;2-5,10H,6-8H2,1H3;3H2,1-2H3;2*2H2,1H3,(H,4,5);3*1-2H3. The molecule has 11 nitrogen and oxygen atoms in total. The largest absolute Gasteiger partial charge is 0.480 e. The van der Waals surface area contributed by atoms with Gasteiger partial charge in [0.05, 0.1) is 7.11 Å². The molecule has 0 saturated carbocycles. The van der Waals surface area contributed by atoms with Gasteiger partial charge in [0.15, 0.2) is 0 Å². The van der Waals surface area contributed by atoms with Crippen molar-refractivity contribution in [2.24, 2.45) is 0 Å². The van der Waals surface area contributed by atoms with Gasteiger partial charge in [-0.25, -0.2) is 14.4 Å². The van der Waals surface area contributed by atoms with Gasteiger partial charge < -0.3 is 29.2 Å². The van der Waals surface area contributed by atoms with Crippen molar-refractivity contribution in [1.29, 1.82) is 0 Å². The van der Waals surface area contributed by atoms with Gasteiger partial charge in [0, 0.05) is 66.9 Å². The van der Waals surface area contributed by atoms with Gasteiger partial charge in [0.1, 0.15) is 19.8 Å². The first-order chi connectivity index (χ1) is 30.3. The number of carbonyl (C=O) groups is 3. The number of thioether (sulfide) groups is 1. The molecule has 360 valence electrons. The molecule has 3 aliphatic rings. The minimum atomic E-state index is -0.933. The quantitative estimate of drug-likeness (QED) is 0.166. The Balaban J connectivity index is -0.000000688. The van der Waals surface area contributed by atoms with Crippen molar-refractivity contribution in [3.05, 3.63) is 106 Å². The number of methoxy groups -OCH3 is 4. The minimum absolute atomic E-state index is 0.0382. The third-order valence-corrected chi connectivity index (χ3v) is 11.5. The summed E-state index contributed by atoms with van der Waals surface area (Å²) in [5.74, 6) is 2.66. The predicted octanol–water partition coefficient (Wildman–Crippen LogP) is 9.59. The van der Waals surface area contributed by atoms with Gasteiger partial charge in [-0.1, -0.05) is 114 Å². The fourth-order valence-electron chi connectivity index (χ4n) is 6.65. The molecule has 3 aromatic carbocycles. The van der Waals surface area contributed by atoms with Crippen LogP contribution in [0.3, 0.4) is 0 Å². The Hall–Kier alpha value is -3.40. The second kappa shape index (κ2) is 42.5. The molecule has 0 radical (unpaired) electrons.